The van der Waals surface area contributed by atoms with E-state index in [2.05, 4.69) is 23.6 Å². The van der Waals surface area contributed by atoms with Crippen molar-refractivity contribution >= 4 is 0 Å². The second-order valence-corrected chi connectivity index (χ2v) is 5.88. The van der Waals surface area contributed by atoms with Crippen LogP contribution in [-0.2, 0) is 4.74 Å². The second kappa shape index (κ2) is 6.85. The van der Waals surface area contributed by atoms with E-state index in [1.807, 2.05) is 0 Å². The Balaban J connectivity index is 1.73. The first kappa shape index (κ1) is 14.3. The number of rotatable bonds is 4. The summed E-state index contributed by atoms with van der Waals surface area (Å²) in [5, 5.41) is 0. The minimum atomic E-state index is 0.391. The summed E-state index contributed by atoms with van der Waals surface area (Å²) >= 11 is 0. The Labute approximate surface area is 111 Å². The third-order valence-corrected chi connectivity index (χ3v) is 4.39. The summed E-state index contributed by atoms with van der Waals surface area (Å²) in [4.78, 5) is 5.18. The average molecular weight is 255 g/mol. The zero-order valence-corrected chi connectivity index (χ0v) is 12.0. The summed E-state index contributed by atoms with van der Waals surface area (Å²) < 4.78 is 5.75. The number of piperidine rings is 1. The van der Waals surface area contributed by atoms with Crippen LogP contribution in [0.25, 0.3) is 0 Å². The Hall–Kier alpha value is -0.160. The van der Waals surface area contributed by atoms with E-state index >= 15 is 0 Å². The molecule has 0 bridgehead atoms. The maximum atomic E-state index is 5.94. The molecule has 4 heteroatoms. The summed E-state index contributed by atoms with van der Waals surface area (Å²) in [6, 6.07) is 1.06. The van der Waals surface area contributed by atoms with Crippen LogP contribution >= 0.6 is 0 Å². The number of ether oxygens (including phenoxy) is 1. The van der Waals surface area contributed by atoms with Crippen molar-refractivity contribution in [3.05, 3.63) is 0 Å². The number of hydrogen-bond donors (Lipinski definition) is 1. The van der Waals surface area contributed by atoms with Gasteiger partial charge in [0.1, 0.15) is 0 Å². The number of nitrogens with two attached hydrogens (primary N) is 1. The lowest BCUT2D eigenvalue weighted by atomic mass is 10.1. The van der Waals surface area contributed by atoms with Crippen molar-refractivity contribution in [2.45, 2.75) is 51.3 Å². The Kier molecular flexibility index (Phi) is 5.42. The molecule has 2 heterocycles. The maximum absolute atomic E-state index is 5.94. The molecule has 2 aliphatic heterocycles. The van der Waals surface area contributed by atoms with Gasteiger partial charge in [-0.2, -0.15) is 0 Å². The van der Waals surface area contributed by atoms with Crippen LogP contribution in [0, 0.1) is 0 Å². The van der Waals surface area contributed by atoms with Gasteiger partial charge in [0.2, 0.25) is 0 Å². The van der Waals surface area contributed by atoms with Gasteiger partial charge in [0.25, 0.3) is 0 Å². The largest absolute Gasteiger partial charge is 0.376 e. The lowest BCUT2D eigenvalue weighted by molar-refractivity contribution is -0.0582. The molecule has 2 rings (SSSR count). The first-order valence-corrected chi connectivity index (χ1v) is 7.52. The van der Waals surface area contributed by atoms with Crippen LogP contribution in [-0.4, -0.2) is 67.3 Å². The molecule has 0 aromatic rings. The van der Waals surface area contributed by atoms with Gasteiger partial charge in [-0.05, 0) is 39.3 Å². The molecule has 2 saturated heterocycles. The van der Waals surface area contributed by atoms with Gasteiger partial charge < -0.3 is 15.4 Å². The highest BCUT2D eigenvalue weighted by Gasteiger charge is 2.26. The van der Waals surface area contributed by atoms with Crippen molar-refractivity contribution in [1.29, 1.82) is 0 Å². The van der Waals surface area contributed by atoms with Crippen LogP contribution in [0.5, 0.6) is 0 Å². The Morgan fingerprint density at radius 1 is 1.22 bits per heavy atom. The lowest BCUT2D eigenvalue weighted by Crippen LogP contribution is -2.51. The molecule has 2 N–H and O–H groups in total. The molecule has 0 spiro atoms. The topological polar surface area (TPSA) is 41.7 Å². The molecule has 2 atom stereocenters. The SMILES string of the molecule is CCC1COC(C)CN1CCN1CCC(N)CC1. The average Bonchev–Trinajstić information content (AvgIpc) is 2.38. The Morgan fingerprint density at radius 2 is 1.94 bits per heavy atom. The third-order valence-electron chi connectivity index (χ3n) is 4.39. The van der Waals surface area contributed by atoms with E-state index in [1.165, 1.54) is 32.6 Å². The predicted octanol–water partition coefficient (Wildman–Crippen LogP) is 0.909. The van der Waals surface area contributed by atoms with Crippen molar-refractivity contribution in [2.24, 2.45) is 5.73 Å². The molecule has 0 amide bonds. The molecule has 0 aliphatic carbocycles. The minimum Gasteiger partial charge on any atom is -0.376 e. The molecule has 2 aliphatic rings. The third kappa shape index (κ3) is 3.92. The highest BCUT2D eigenvalue weighted by atomic mass is 16.5. The number of nitrogens with zero attached hydrogens (tertiary/aromatic N) is 2. The van der Waals surface area contributed by atoms with E-state index in [0.29, 0.717) is 18.2 Å². The lowest BCUT2D eigenvalue weighted by Gasteiger charge is -2.40. The number of likely N-dealkylation sites (tertiary alicyclic amines) is 1. The molecule has 0 saturated carbocycles. The zero-order valence-electron chi connectivity index (χ0n) is 12.0. The molecule has 0 aromatic carbocycles. The van der Waals surface area contributed by atoms with Gasteiger partial charge in [0.15, 0.2) is 0 Å². The van der Waals surface area contributed by atoms with Crippen LogP contribution in [0.4, 0.5) is 0 Å². The van der Waals surface area contributed by atoms with Gasteiger partial charge in [0, 0.05) is 31.7 Å². The van der Waals surface area contributed by atoms with E-state index in [1.54, 1.807) is 0 Å². The monoisotopic (exact) mass is 255 g/mol. The van der Waals surface area contributed by atoms with Gasteiger partial charge in [0.05, 0.1) is 12.7 Å². The van der Waals surface area contributed by atoms with E-state index in [4.69, 9.17) is 10.5 Å². The predicted molar refractivity (Wildman–Crippen MR) is 74.7 cm³/mol. The fourth-order valence-electron chi connectivity index (χ4n) is 3.01. The van der Waals surface area contributed by atoms with Gasteiger partial charge in [-0.1, -0.05) is 6.92 Å². The van der Waals surface area contributed by atoms with E-state index in [-0.39, 0.29) is 0 Å². The molecule has 106 valence electrons. The van der Waals surface area contributed by atoms with Gasteiger partial charge >= 0.3 is 0 Å². The standard InChI is InChI=1S/C14H29N3O/c1-3-14-11-18-12(2)10-17(14)9-8-16-6-4-13(15)5-7-16/h12-14H,3-11,15H2,1-2H3. The smallest absolute Gasteiger partial charge is 0.0674 e. The first-order valence-electron chi connectivity index (χ1n) is 7.52. The molecule has 18 heavy (non-hydrogen) atoms. The molecule has 2 fully saturated rings. The molecule has 0 radical (unpaired) electrons. The van der Waals surface area contributed by atoms with Crippen molar-refractivity contribution in [3.63, 3.8) is 0 Å². The van der Waals surface area contributed by atoms with Crippen LogP contribution < -0.4 is 5.73 Å². The summed E-state index contributed by atoms with van der Waals surface area (Å²) in [5.74, 6) is 0. The zero-order chi connectivity index (χ0) is 13.0. The van der Waals surface area contributed by atoms with Crippen LogP contribution in [0.2, 0.25) is 0 Å². The fourth-order valence-corrected chi connectivity index (χ4v) is 3.01. The Bertz CT molecular complexity index is 241. The molecule has 0 aromatic heterocycles. The Morgan fingerprint density at radius 3 is 2.61 bits per heavy atom. The second-order valence-electron chi connectivity index (χ2n) is 5.88. The maximum Gasteiger partial charge on any atom is 0.0674 e. The molecule has 2 unspecified atom stereocenters. The number of morpholine rings is 1. The van der Waals surface area contributed by atoms with E-state index < -0.39 is 0 Å². The summed E-state index contributed by atoms with van der Waals surface area (Å²) in [5.41, 5.74) is 5.94. The van der Waals surface area contributed by atoms with Crippen molar-refractivity contribution in [3.8, 4) is 0 Å². The highest BCUT2D eigenvalue weighted by molar-refractivity contribution is 4.80. The van der Waals surface area contributed by atoms with Gasteiger partial charge in [-0.3, -0.25) is 4.90 Å². The van der Waals surface area contributed by atoms with Crippen molar-refractivity contribution in [2.75, 3.05) is 39.3 Å². The summed E-state index contributed by atoms with van der Waals surface area (Å²) in [7, 11) is 0. The van der Waals surface area contributed by atoms with Crippen LogP contribution in [0.3, 0.4) is 0 Å². The van der Waals surface area contributed by atoms with Gasteiger partial charge in [-0.25, -0.2) is 0 Å². The van der Waals surface area contributed by atoms with Crippen molar-refractivity contribution in [1.82, 2.24) is 9.80 Å². The highest BCUT2D eigenvalue weighted by Crippen LogP contribution is 2.15. The molecule has 4 nitrogen and oxygen atoms in total. The van der Waals surface area contributed by atoms with Gasteiger partial charge in [-0.15, -0.1) is 0 Å². The minimum absolute atomic E-state index is 0.391. The summed E-state index contributed by atoms with van der Waals surface area (Å²) in [6.45, 7) is 11.2. The van der Waals surface area contributed by atoms with Crippen molar-refractivity contribution < 1.29 is 4.74 Å². The van der Waals surface area contributed by atoms with Crippen LogP contribution in [0.15, 0.2) is 0 Å². The van der Waals surface area contributed by atoms with E-state index in [0.717, 1.165) is 26.0 Å². The molecular weight excluding hydrogens is 226 g/mol. The normalized spacial score (nSPS) is 32.8. The number of hydrogen-bond acceptors (Lipinski definition) is 4. The fraction of sp³-hybridized carbons (Fsp3) is 1.00. The van der Waals surface area contributed by atoms with Crippen LogP contribution in [0.1, 0.15) is 33.1 Å². The molecular formula is C14H29N3O. The summed E-state index contributed by atoms with van der Waals surface area (Å²) in [6.07, 6.45) is 3.91. The quantitative estimate of drug-likeness (QED) is 0.811. The first-order chi connectivity index (χ1) is 8.69. The van der Waals surface area contributed by atoms with E-state index in [9.17, 15) is 0 Å².